The van der Waals surface area contributed by atoms with Crippen LogP contribution in [-0.2, 0) is 17.9 Å². The predicted molar refractivity (Wildman–Crippen MR) is 117 cm³/mol. The Hall–Kier alpha value is -3.48. The summed E-state index contributed by atoms with van der Waals surface area (Å²) in [4.78, 5) is 11.7. The second kappa shape index (κ2) is 9.35. The second-order valence-corrected chi connectivity index (χ2v) is 7.95. The lowest BCUT2D eigenvalue weighted by Gasteiger charge is -2.19. The number of amides is 1. The smallest absolute Gasteiger partial charge is 0.407 e. The number of anilines is 1. The van der Waals surface area contributed by atoms with Crippen LogP contribution in [0, 0.1) is 0 Å². The third-order valence-corrected chi connectivity index (χ3v) is 4.23. The fourth-order valence-corrected chi connectivity index (χ4v) is 2.80. The summed E-state index contributed by atoms with van der Waals surface area (Å²) in [5.41, 5.74) is 9.12. The predicted octanol–water partition coefficient (Wildman–Crippen LogP) is 4.24. The largest absolute Gasteiger partial charge is 0.487 e. The van der Waals surface area contributed by atoms with Crippen molar-refractivity contribution in [2.75, 3.05) is 12.3 Å². The maximum absolute atomic E-state index is 11.7. The lowest BCUT2D eigenvalue weighted by Crippen LogP contribution is -2.34. The minimum Gasteiger partial charge on any atom is -0.487 e. The second-order valence-electron chi connectivity index (χ2n) is 7.95. The minimum atomic E-state index is -0.515. The Kier molecular flexibility index (Phi) is 6.61. The quantitative estimate of drug-likeness (QED) is 0.571. The topological polar surface area (TPSA) is 91.4 Å². The van der Waals surface area contributed by atoms with E-state index in [2.05, 4.69) is 10.4 Å². The summed E-state index contributed by atoms with van der Waals surface area (Å²) in [6.07, 6.45) is 3.26. The molecule has 7 nitrogen and oxygen atoms in total. The summed E-state index contributed by atoms with van der Waals surface area (Å²) >= 11 is 0. The van der Waals surface area contributed by atoms with Crippen LogP contribution >= 0.6 is 0 Å². The number of nitrogen functional groups attached to an aromatic ring is 1. The van der Waals surface area contributed by atoms with Crippen LogP contribution in [0.15, 0.2) is 60.9 Å². The van der Waals surface area contributed by atoms with E-state index in [1.54, 1.807) is 10.9 Å². The number of hydrogen-bond donors (Lipinski definition) is 2. The third kappa shape index (κ3) is 6.27. The van der Waals surface area contributed by atoms with Crippen molar-refractivity contribution >= 4 is 11.8 Å². The summed E-state index contributed by atoms with van der Waals surface area (Å²) in [6.45, 7) is 6.89. The molecule has 0 aliphatic heterocycles. The first kappa shape index (κ1) is 21.2. The highest BCUT2D eigenvalue weighted by Gasteiger charge is 2.15. The molecule has 3 rings (SSSR count). The molecule has 158 valence electrons. The molecule has 2 aromatic carbocycles. The number of nitrogens with zero attached hydrogens (tertiary/aromatic N) is 2. The summed E-state index contributed by atoms with van der Waals surface area (Å²) in [5, 5.41) is 7.09. The first-order chi connectivity index (χ1) is 14.3. The van der Waals surface area contributed by atoms with Gasteiger partial charge in [0.1, 0.15) is 18.0 Å². The van der Waals surface area contributed by atoms with Gasteiger partial charge in [0.05, 0.1) is 18.4 Å². The van der Waals surface area contributed by atoms with E-state index < -0.39 is 11.7 Å². The van der Waals surface area contributed by atoms with Crippen LogP contribution in [0.4, 0.5) is 10.5 Å². The van der Waals surface area contributed by atoms with Crippen LogP contribution in [0.1, 0.15) is 26.3 Å². The first-order valence-corrected chi connectivity index (χ1v) is 9.86. The molecule has 0 spiro atoms. The minimum absolute atomic E-state index is 0.420. The number of aromatic nitrogens is 2. The molecule has 1 heterocycles. The van der Waals surface area contributed by atoms with E-state index in [0.717, 1.165) is 16.7 Å². The molecule has 0 saturated carbocycles. The Bertz CT molecular complexity index is 978. The van der Waals surface area contributed by atoms with Gasteiger partial charge >= 0.3 is 6.09 Å². The van der Waals surface area contributed by atoms with Gasteiger partial charge in [-0.15, -0.1) is 0 Å². The number of benzene rings is 2. The zero-order valence-corrected chi connectivity index (χ0v) is 17.6. The number of nitrogens with two attached hydrogens (primary N) is 1. The van der Waals surface area contributed by atoms with Crippen molar-refractivity contribution in [1.29, 1.82) is 0 Å². The van der Waals surface area contributed by atoms with Gasteiger partial charge in [0.25, 0.3) is 0 Å². The molecule has 3 aromatic rings. The SMILES string of the molecule is CC(C)(C)OC(=O)NCCn1cc(-c2ccc(N)c(OCc3ccccc3)c2)cn1. The maximum Gasteiger partial charge on any atom is 0.407 e. The number of nitrogens with one attached hydrogen (secondary N) is 1. The average Bonchev–Trinajstić information content (AvgIpc) is 3.15. The number of alkyl carbamates (subject to hydrolysis) is 1. The summed E-state index contributed by atoms with van der Waals surface area (Å²) in [5.74, 6) is 0.635. The van der Waals surface area contributed by atoms with E-state index in [0.29, 0.717) is 31.1 Å². The Morgan fingerprint density at radius 2 is 1.90 bits per heavy atom. The Morgan fingerprint density at radius 3 is 2.63 bits per heavy atom. The number of carbonyl (C=O) groups excluding carboxylic acids is 1. The van der Waals surface area contributed by atoms with Gasteiger partial charge in [-0.05, 0) is 44.0 Å². The van der Waals surface area contributed by atoms with Crippen LogP contribution in [-0.4, -0.2) is 28.0 Å². The van der Waals surface area contributed by atoms with E-state index in [1.165, 1.54) is 0 Å². The van der Waals surface area contributed by atoms with Crippen molar-refractivity contribution in [3.63, 3.8) is 0 Å². The molecular weight excluding hydrogens is 380 g/mol. The zero-order valence-electron chi connectivity index (χ0n) is 17.6. The number of carbonyl (C=O) groups is 1. The van der Waals surface area contributed by atoms with Crippen LogP contribution in [0.3, 0.4) is 0 Å². The molecule has 7 heteroatoms. The van der Waals surface area contributed by atoms with Gasteiger partial charge in [-0.1, -0.05) is 36.4 Å². The average molecular weight is 409 g/mol. The standard InChI is InChI=1S/C23H28N4O3/c1-23(2,3)30-22(28)25-11-12-27-15-19(14-26-27)18-9-10-20(24)21(13-18)29-16-17-7-5-4-6-8-17/h4-10,13-15H,11-12,16,24H2,1-3H3,(H,25,28). The highest BCUT2D eigenvalue weighted by molar-refractivity contribution is 5.69. The Morgan fingerprint density at radius 1 is 1.13 bits per heavy atom. The summed E-state index contributed by atoms with van der Waals surface area (Å²) in [7, 11) is 0. The highest BCUT2D eigenvalue weighted by Crippen LogP contribution is 2.29. The highest BCUT2D eigenvalue weighted by atomic mass is 16.6. The van der Waals surface area contributed by atoms with Gasteiger partial charge in [0.15, 0.2) is 0 Å². The molecule has 0 atom stereocenters. The zero-order chi connectivity index (χ0) is 21.6. The molecule has 1 amide bonds. The van der Waals surface area contributed by atoms with E-state index in [9.17, 15) is 4.79 Å². The Balaban J connectivity index is 1.59. The molecule has 0 bridgehead atoms. The van der Waals surface area contributed by atoms with Gasteiger partial charge in [0, 0.05) is 18.3 Å². The van der Waals surface area contributed by atoms with Crippen molar-refractivity contribution in [3.05, 3.63) is 66.5 Å². The van der Waals surface area contributed by atoms with Crippen molar-refractivity contribution in [2.45, 2.75) is 39.5 Å². The van der Waals surface area contributed by atoms with E-state index in [4.69, 9.17) is 15.2 Å². The van der Waals surface area contributed by atoms with Gasteiger partial charge in [0.2, 0.25) is 0 Å². The first-order valence-electron chi connectivity index (χ1n) is 9.86. The van der Waals surface area contributed by atoms with Gasteiger partial charge in [-0.3, -0.25) is 4.68 Å². The van der Waals surface area contributed by atoms with Crippen molar-refractivity contribution in [2.24, 2.45) is 0 Å². The van der Waals surface area contributed by atoms with Crippen molar-refractivity contribution in [1.82, 2.24) is 15.1 Å². The number of hydrogen-bond acceptors (Lipinski definition) is 5. The van der Waals surface area contributed by atoms with Gasteiger partial charge in [-0.2, -0.15) is 5.10 Å². The molecule has 0 aliphatic carbocycles. The van der Waals surface area contributed by atoms with E-state index in [1.807, 2.05) is 75.5 Å². The fraction of sp³-hybridized carbons (Fsp3) is 0.304. The molecule has 30 heavy (non-hydrogen) atoms. The summed E-state index contributed by atoms with van der Waals surface area (Å²) in [6, 6.07) is 15.6. The van der Waals surface area contributed by atoms with E-state index in [-0.39, 0.29) is 0 Å². The lowest BCUT2D eigenvalue weighted by atomic mass is 10.1. The molecule has 3 N–H and O–H groups in total. The molecule has 0 radical (unpaired) electrons. The molecule has 0 aliphatic rings. The van der Waals surface area contributed by atoms with Gasteiger partial charge in [-0.25, -0.2) is 4.79 Å². The normalized spacial score (nSPS) is 11.2. The maximum atomic E-state index is 11.7. The van der Waals surface area contributed by atoms with Crippen molar-refractivity contribution in [3.8, 4) is 16.9 Å². The molecular formula is C23H28N4O3. The van der Waals surface area contributed by atoms with Crippen molar-refractivity contribution < 1.29 is 14.3 Å². The molecule has 0 saturated heterocycles. The number of rotatable bonds is 7. The molecule has 0 fully saturated rings. The van der Waals surface area contributed by atoms with Crippen LogP contribution < -0.4 is 15.8 Å². The Labute approximate surface area is 176 Å². The molecule has 0 unspecified atom stereocenters. The number of ether oxygens (including phenoxy) is 2. The third-order valence-electron chi connectivity index (χ3n) is 4.23. The summed E-state index contributed by atoms with van der Waals surface area (Å²) < 4.78 is 12.9. The molecule has 1 aromatic heterocycles. The van der Waals surface area contributed by atoms with Crippen LogP contribution in [0.5, 0.6) is 5.75 Å². The lowest BCUT2D eigenvalue weighted by molar-refractivity contribution is 0.0525. The van der Waals surface area contributed by atoms with E-state index >= 15 is 0 Å². The monoisotopic (exact) mass is 408 g/mol. The van der Waals surface area contributed by atoms with Crippen LogP contribution in [0.25, 0.3) is 11.1 Å². The fourth-order valence-electron chi connectivity index (χ4n) is 2.80. The van der Waals surface area contributed by atoms with Gasteiger partial charge < -0.3 is 20.5 Å². The van der Waals surface area contributed by atoms with Crippen LogP contribution in [0.2, 0.25) is 0 Å².